The monoisotopic (exact) mass is 310 g/mol. The van der Waals surface area contributed by atoms with E-state index in [2.05, 4.69) is 15.9 Å². The van der Waals surface area contributed by atoms with Gasteiger partial charge in [-0.05, 0) is 30.7 Å². The molecule has 1 nitrogen and oxygen atoms in total. The third-order valence-electron chi connectivity index (χ3n) is 2.61. The summed E-state index contributed by atoms with van der Waals surface area (Å²) >= 11 is 3.31. The summed E-state index contributed by atoms with van der Waals surface area (Å²) in [5.41, 5.74) is 1.20. The molecule has 0 aromatic heterocycles. The first-order valence-electron chi connectivity index (χ1n) is 5.25. The van der Waals surface area contributed by atoms with Crippen molar-refractivity contribution in [3.8, 4) is 0 Å². The Bertz CT molecular complexity index is 623. The van der Waals surface area contributed by atoms with E-state index in [1.165, 1.54) is 0 Å². The van der Waals surface area contributed by atoms with Crippen molar-refractivity contribution in [1.82, 2.24) is 0 Å². The maximum absolute atomic E-state index is 13.5. The lowest BCUT2D eigenvalue weighted by Gasteiger charge is -2.05. The predicted octanol–water partition coefficient (Wildman–Crippen LogP) is 4.27. The Labute approximate surface area is 112 Å². The van der Waals surface area contributed by atoms with Crippen LogP contribution in [0.3, 0.4) is 0 Å². The second-order valence-electron chi connectivity index (χ2n) is 3.92. The van der Waals surface area contributed by atoms with Gasteiger partial charge in [-0.25, -0.2) is 8.78 Å². The van der Waals surface area contributed by atoms with E-state index in [1.807, 2.05) is 6.92 Å². The van der Waals surface area contributed by atoms with Gasteiger partial charge in [0.1, 0.15) is 11.6 Å². The fraction of sp³-hybridized carbons (Fsp3) is 0.0714. The molecule has 0 fully saturated rings. The SMILES string of the molecule is Cc1ccc(C(=O)c2ccc(F)cc2F)cc1Br. The number of carbonyl (C=O) groups excluding carboxylic acids is 1. The standard InChI is InChI=1S/C14H9BrF2O/c1-8-2-3-9(6-12(8)15)14(18)11-5-4-10(16)7-13(11)17/h2-7H,1H3. The van der Waals surface area contributed by atoms with Crippen LogP contribution in [-0.2, 0) is 0 Å². The second-order valence-corrected chi connectivity index (χ2v) is 4.77. The Morgan fingerprint density at radius 2 is 1.83 bits per heavy atom. The molecule has 2 aromatic rings. The molecule has 0 spiro atoms. The molecule has 0 bridgehead atoms. The average molecular weight is 311 g/mol. The van der Waals surface area contributed by atoms with Gasteiger partial charge < -0.3 is 0 Å². The summed E-state index contributed by atoms with van der Waals surface area (Å²) < 4.78 is 27.0. The molecule has 2 rings (SSSR count). The quantitative estimate of drug-likeness (QED) is 0.757. The lowest BCUT2D eigenvalue weighted by atomic mass is 10.0. The first-order valence-corrected chi connectivity index (χ1v) is 6.04. The average Bonchev–Trinajstić information content (AvgIpc) is 2.32. The van der Waals surface area contributed by atoms with Crippen molar-refractivity contribution < 1.29 is 13.6 Å². The molecule has 0 radical (unpaired) electrons. The fourth-order valence-corrected chi connectivity index (χ4v) is 1.94. The van der Waals surface area contributed by atoms with Gasteiger partial charge in [0.15, 0.2) is 5.78 Å². The summed E-state index contributed by atoms with van der Waals surface area (Å²) in [6.07, 6.45) is 0. The highest BCUT2D eigenvalue weighted by Gasteiger charge is 2.15. The Hall–Kier alpha value is -1.55. The molecular weight excluding hydrogens is 302 g/mol. The molecule has 92 valence electrons. The molecule has 18 heavy (non-hydrogen) atoms. The van der Waals surface area contributed by atoms with Crippen LogP contribution in [0.5, 0.6) is 0 Å². The Kier molecular flexibility index (Phi) is 3.57. The first-order chi connectivity index (χ1) is 8.49. The molecular formula is C14H9BrF2O. The van der Waals surface area contributed by atoms with Gasteiger partial charge >= 0.3 is 0 Å². The van der Waals surface area contributed by atoms with Crippen LogP contribution >= 0.6 is 15.9 Å². The highest BCUT2D eigenvalue weighted by molar-refractivity contribution is 9.10. The highest BCUT2D eigenvalue weighted by atomic mass is 79.9. The Morgan fingerprint density at radius 1 is 1.11 bits per heavy atom. The largest absolute Gasteiger partial charge is 0.288 e. The number of halogens is 3. The van der Waals surface area contributed by atoms with Gasteiger partial charge in [-0.2, -0.15) is 0 Å². The van der Waals surface area contributed by atoms with Crippen molar-refractivity contribution in [2.24, 2.45) is 0 Å². The molecule has 0 aliphatic carbocycles. The summed E-state index contributed by atoms with van der Waals surface area (Å²) in [4.78, 5) is 12.1. The third-order valence-corrected chi connectivity index (χ3v) is 3.46. The van der Waals surface area contributed by atoms with Gasteiger partial charge in [0.05, 0.1) is 5.56 Å². The lowest BCUT2D eigenvalue weighted by Crippen LogP contribution is -2.05. The van der Waals surface area contributed by atoms with Crippen molar-refractivity contribution in [2.75, 3.05) is 0 Å². The minimum absolute atomic E-state index is 0.132. The fourth-order valence-electron chi connectivity index (χ4n) is 1.56. The summed E-state index contributed by atoms with van der Waals surface area (Å²) in [6.45, 7) is 1.89. The number of rotatable bonds is 2. The molecule has 0 N–H and O–H groups in total. The number of carbonyl (C=O) groups is 1. The van der Waals surface area contributed by atoms with Crippen molar-refractivity contribution in [1.29, 1.82) is 0 Å². The van der Waals surface area contributed by atoms with Crippen molar-refractivity contribution in [3.63, 3.8) is 0 Å². The zero-order chi connectivity index (χ0) is 13.3. The zero-order valence-corrected chi connectivity index (χ0v) is 11.1. The number of aryl methyl sites for hydroxylation is 1. The van der Waals surface area contributed by atoms with Crippen LogP contribution in [0.25, 0.3) is 0 Å². The number of ketones is 1. The molecule has 0 atom stereocenters. The van der Waals surface area contributed by atoms with E-state index in [4.69, 9.17) is 0 Å². The number of hydrogen-bond donors (Lipinski definition) is 0. The molecule has 0 aliphatic heterocycles. The van der Waals surface area contributed by atoms with Crippen molar-refractivity contribution in [2.45, 2.75) is 6.92 Å². The smallest absolute Gasteiger partial charge is 0.196 e. The van der Waals surface area contributed by atoms with Crippen LogP contribution < -0.4 is 0 Å². The Balaban J connectivity index is 2.44. The second kappa shape index (κ2) is 4.98. The minimum atomic E-state index is -0.850. The van der Waals surface area contributed by atoms with Crippen LogP contribution in [0, 0.1) is 18.6 Å². The summed E-state index contributed by atoms with van der Waals surface area (Å²) in [6, 6.07) is 7.93. The third kappa shape index (κ3) is 2.48. The molecule has 0 amide bonds. The van der Waals surface area contributed by atoms with E-state index in [9.17, 15) is 13.6 Å². The molecule has 0 heterocycles. The lowest BCUT2D eigenvalue weighted by molar-refractivity contribution is 0.103. The van der Waals surface area contributed by atoms with Crippen LogP contribution in [0.1, 0.15) is 21.5 Å². The van der Waals surface area contributed by atoms with E-state index in [1.54, 1.807) is 18.2 Å². The molecule has 0 saturated heterocycles. The van der Waals surface area contributed by atoms with Crippen LogP contribution in [0.4, 0.5) is 8.78 Å². The van der Waals surface area contributed by atoms with Gasteiger partial charge in [-0.1, -0.05) is 28.1 Å². The molecule has 0 aliphatic rings. The van der Waals surface area contributed by atoms with Gasteiger partial charge in [0.25, 0.3) is 0 Å². The van der Waals surface area contributed by atoms with Gasteiger partial charge in [0, 0.05) is 16.1 Å². The normalized spacial score (nSPS) is 10.4. The van der Waals surface area contributed by atoms with E-state index < -0.39 is 17.4 Å². The number of hydrogen-bond acceptors (Lipinski definition) is 1. The van der Waals surface area contributed by atoms with E-state index in [-0.39, 0.29) is 5.56 Å². The van der Waals surface area contributed by atoms with Crippen LogP contribution in [-0.4, -0.2) is 5.78 Å². The van der Waals surface area contributed by atoms with E-state index >= 15 is 0 Å². The van der Waals surface area contributed by atoms with E-state index in [0.717, 1.165) is 22.2 Å². The maximum atomic E-state index is 13.5. The van der Waals surface area contributed by atoms with Gasteiger partial charge in [-0.3, -0.25) is 4.79 Å². The summed E-state index contributed by atoms with van der Waals surface area (Å²) in [5.74, 6) is -2.01. The highest BCUT2D eigenvalue weighted by Crippen LogP contribution is 2.21. The molecule has 0 saturated carbocycles. The van der Waals surface area contributed by atoms with Gasteiger partial charge in [-0.15, -0.1) is 0 Å². The molecule has 2 aromatic carbocycles. The summed E-state index contributed by atoms with van der Waals surface area (Å²) in [5, 5.41) is 0. The minimum Gasteiger partial charge on any atom is -0.288 e. The molecule has 4 heteroatoms. The van der Waals surface area contributed by atoms with Gasteiger partial charge in [0.2, 0.25) is 0 Å². The van der Waals surface area contributed by atoms with Crippen LogP contribution in [0.15, 0.2) is 40.9 Å². The molecule has 0 unspecified atom stereocenters. The van der Waals surface area contributed by atoms with Crippen molar-refractivity contribution >= 4 is 21.7 Å². The maximum Gasteiger partial charge on any atom is 0.196 e. The zero-order valence-electron chi connectivity index (χ0n) is 9.51. The first kappa shape index (κ1) is 12.9. The predicted molar refractivity (Wildman–Crippen MR) is 68.7 cm³/mol. The van der Waals surface area contributed by atoms with Crippen molar-refractivity contribution in [3.05, 3.63) is 69.2 Å². The number of benzene rings is 2. The van der Waals surface area contributed by atoms with Crippen LogP contribution in [0.2, 0.25) is 0 Å². The summed E-state index contributed by atoms with van der Waals surface area (Å²) in [7, 11) is 0. The van der Waals surface area contributed by atoms with E-state index in [0.29, 0.717) is 11.6 Å². The topological polar surface area (TPSA) is 17.1 Å². The Morgan fingerprint density at radius 3 is 2.44 bits per heavy atom.